The lowest BCUT2D eigenvalue weighted by Crippen LogP contribution is -2.68. The highest BCUT2D eigenvalue weighted by atomic mass is 16.6. The number of aldehydes is 1. The van der Waals surface area contributed by atoms with E-state index in [9.17, 15) is 19.8 Å². The molecule has 5 aliphatic carbocycles. The van der Waals surface area contributed by atoms with Crippen LogP contribution < -0.4 is 0 Å². The number of aliphatic hydroxyl groups is 2. The topological polar surface area (TPSA) is 134 Å². The molecular weight excluding hydrogens is 825 g/mol. The molecule has 9 heteroatoms. The van der Waals surface area contributed by atoms with Gasteiger partial charge in [-0.15, -0.1) is 0 Å². The molecule has 3 N–H and O–H groups in total. The first-order valence-corrected chi connectivity index (χ1v) is 26.0. The van der Waals surface area contributed by atoms with Crippen LogP contribution in [0.3, 0.4) is 0 Å². The van der Waals surface area contributed by atoms with Crippen molar-refractivity contribution in [3.05, 3.63) is 69.6 Å². The van der Waals surface area contributed by atoms with Gasteiger partial charge in [0.25, 0.3) is 0 Å². The van der Waals surface area contributed by atoms with Gasteiger partial charge < -0.3 is 34.0 Å². The number of carbonyl (C=O) groups is 3. The molecule has 1 aromatic carbocycles. The number of benzene rings is 1. The average molecular weight is 901 g/mol. The second kappa shape index (κ2) is 15.3. The lowest BCUT2D eigenvalue weighted by atomic mass is 9.33. The van der Waals surface area contributed by atoms with Gasteiger partial charge in [0, 0.05) is 72.9 Å². The van der Waals surface area contributed by atoms with E-state index in [0.29, 0.717) is 56.3 Å². The van der Waals surface area contributed by atoms with E-state index in [-0.39, 0.29) is 29.1 Å². The Morgan fingerprint density at radius 1 is 0.939 bits per heavy atom. The van der Waals surface area contributed by atoms with Gasteiger partial charge in [-0.2, -0.15) is 0 Å². The quantitative estimate of drug-likeness (QED) is 0.151. The molecule has 3 aliphatic heterocycles. The maximum absolute atomic E-state index is 15.4. The van der Waals surface area contributed by atoms with Gasteiger partial charge in [-0.3, -0.25) is 9.59 Å². The van der Waals surface area contributed by atoms with E-state index >= 15 is 4.79 Å². The maximum atomic E-state index is 15.4. The van der Waals surface area contributed by atoms with Gasteiger partial charge in [-0.1, -0.05) is 71.2 Å². The molecule has 3 aromatic rings. The second-order valence-corrected chi connectivity index (χ2v) is 24.9. The number of ketones is 2. The molecule has 5 heterocycles. The van der Waals surface area contributed by atoms with Crippen LogP contribution in [0.4, 0.5) is 0 Å². The minimum absolute atomic E-state index is 0.140. The van der Waals surface area contributed by atoms with Crippen LogP contribution in [-0.2, 0) is 36.8 Å². The predicted molar refractivity (Wildman–Crippen MR) is 255 cm³/mol. The summed E-state index contributed by atoms with van der Waals surface area (Å²) in [5, 5.41) is 25.8. The Morgan fingerprint density at radius 2 is 1.67 bits per heavy atom. The second-order valence-electron chi connectivity index (χ2n) is 24.9. The molecule has 6 fully saturated rings. The number of ether oxygens (including phenoxy) is 2. The summed E-state index contributed by atoms with van der Waals surface area (Å²) in [6.07, 6.45) is 15.2. The zero-order valence-corrected chi connectivity index (χ0v) is 41.1. The molecular formula is C57H76N2O7. The van der Waals surface area contributed by atoms with Gasteiger partial charge in [0.1, 0.15) is 18.2 Å². The zero-order chi connectivity index (χ0) is 46.5. The molecule has 0 radical (unpaired) electrons. The fourth-order valence-corrected chi connectivity index (χ4v) is 17.6. The van der Waals surface area contributed by atoms with Crippen LogP contribution in [0.1, 0.15) is 172 Å². The Hall–Kier alpha value is -3.37. The highest BCUT2D eigenvalue weighted by Crippen LogP contribution is 2.76. The van der Waals surface area contributed by atoms with Crippen molar-refractivity contribution in [2.24, 2.45) is 50.7 Å². The monoisotopic (exact) mass is 901 g/mol. The van der Waals surface area contributed by atoms with Gasteiger partial charge in [-0.05, 0) is 147 Å². The number of aromatic nitrogens is 2. The highest BCUT2D eigenvalue weighted by molar-refractivity contribution is 6.02. The van der Waals surface area contributed by atoms with Gasteiger partial charge in [0.05, 0.1) is 34.8 Å². The first-order valence-electron chi connectivity index (χ1n) is 26.0. The number of rotatable bonds is 8. The Morgan fingerprint density at radius 3 is 2.36 bits per heavy atom. The van der Waals surface area contributed by atoms with E-state index in [4.69, 9.17) is 9.47 Å². The Bertz CT molecular complexity index is 2520. The van der Waals surface area contributed by atoms with Crippen LogP contribution in [0, 0.1) is 57.7 Å². The first-order chi connectivity index (χ1) is 31.3. The summed E-state index contributed by atoms with van der Waals surface area (Å²) in [6.45, 7) is 19.8. The lowest BCUT2D eigenvalue weighted by Gasteiger charge is -2.70. The van der Waals surface area contributed by atoms with Crippen LogP contribution in [-0.4, -0.2) is 74.7 Å². The van der Waals surface area contributed by atoms with Crippen molar-refractivity contribution >= 4 is 28.9 Å². The Balaban J connectivity index is 1.08. The molecule has 12 unspecified atom stereocenters. The number of Topliss-reactive ketones (excluding diaryl/α,β-unsaturated/α-hetero) is 2. The molecule has 66 heavy (non-hydrogen) atoms. The van der Waals surface area contributed by atoms with Gasteiger partial charge in [0.15, 0.2) is 5.78 Å². The van der Waals surface area contributed by atoms with Crippen molar-refractivity contribution in [2.45, 2.75) is 188 Å². The third-order valence-corrected chi connectivity index (χ3v) is 21.1. The van der Waals surface area contributed by atoms with Crippen molar-refractivity contribution in [2.75, 3.05) is 13.2 Å². The fraction of sp³-hybridized carbons (Fsp3) is 0.702. The van der Waals surface area contributed by atoms with Crippen LogP contribution in [0.15, 0.2) is 41.7 Å². The zero-order valence-electron chi connectivity index (χ0n) is 41.1. The van der Waals surface area contributed by atoms with E-state index in [2.05, 4.69) is 81.7 Å². The summed E-state index contributed by atoms with van der Waals surface area (Å²) in [5.74, 6) is 0.455. The van der Waals surface area contributed by atoms with Crippen LogP contribution in [0.25, 0.3) is 11.0 Å². The largest absolute Gasteiger partial charge is 0.392 e. The molecule has 12 atom stereocenters. The number of nitrogens with one attached hydrogen (secondary N) is 1. The average Bonchev–Trinajstić information content (AvgIpc) is 3.83. The number of allylic oxidation sites excluding steroid dienone is 1. The summed E-state index contributed by atoms with van der Waals surface area (Å²) >= 11 is 0. The number of aliphatic hydroxyl groups excluding tert-OH is 2. The van der Waals surface area contributed by atoms with Crippen molar-refractivity contribution in [1.82, 2.24) is 9.55 Å². The Kier molecular flexibility index (Phi) is 10.5. The molecule has 11 rings (SSSR count). The summed E-state index contributed by atoms with van der Waals surface area (Å²) in [5.41, 5.74) is 6.58. The molecule has 2 aromatic heterocycles. The number of nitrogens with zero attached hydrogens (tertiary/aromatic N) is 1. The van der Waals surface area contributed by atoms with E-state index in [0.717, 1.165) is 109 Å². The fourth-order valence-electron chi connectivity index (χ4n) is 17.6. The van der Waals surface area contributed by atoms with Gasteiger partial charge in [0.2, 0.25) is 0 Å². The number of hydrogen-bond donors (Lipinski definition) is 3. The molecule has 4 saturated carbocycles. The van der Waals surface area contributed by atoms with E-state index in [1.807, 2.05) is 13.8 Å². The predicted octanol–water partition coefficient (Wildman–Crippen LogP) is 10.2. The number of aryl methyl sites for hydroxylation is 2. The van der Waals surface area contributed by atoms with Crippen molar-refractivity contribution in [3.8, 4) is 0 Å². The van der Waals surface area contributed by atoms with Crippen molar-refractivity contribution < 1.29 is 34.1 Å². The molecule has 2 saturated heterocycles. The number of carbonyl (C=O) groups excluding carboxylic acids is 3. The van der Waals surface area contributed by atoms with Crippen molar-refractivity contribution in [1.29, 1.82) is 0 Å². The summed E-state index contributed by atoms with van der Waals surface area (Å²) in [4.78, 5) is 47.1. The number of H-pyrrole nitrogens is 1. The number of epoxide rings is 1. The molecule has 9 nitrogen and oxygen atoms in total. The first kappa shape index (κ1) is 45.1. The highest BCUT2D eigenvalue weighted by Gasteiger charge is 2.73. The minimum atomic E-state index is -0.781. The number of fused-ring (bicyclic) bond motifs is 4. The van der Waals surface area contributed by atoms with Crippen LogP contribution in [0.5, 0.6) is 0 Å². The lowest BCUT2D eigenvalue weighted by molar-refractivity contribution is -0.227. The van der Waals surface area contributed by atoms with E-state index in [1.54, 1.807) is 0 Å². The number of hydrogen-bond acceptors (Lipinski definition) is 7. The molecule has 0 spiro atoms. The summed E-state index contributed by atoms with van der Waals surface area (Å²) < 4.78 is 14.1. The summed E-state index contributed by atoms with van der Waals surface area (Å²) in [7, 11) is 0. The standard InChI is InChI=1S/C57H76N2O7/c1-32-23-35(33-16-21-65-22-17-33)25-36(24-32)40(31-60)38-29-59-30-39-45-46(53(4,26-42(62)51-52(2,3)66-51)18-13-34-28-58-47(38)48(34)59)41(61)27-56(45,7)55(6)20-14-43-54(5,50(55)49(39)64)19-15-44(63)57(43,8)37-11-9-10-12-37/h23-25,28-29,31,33,37,39-40,42-43,49-51,58,62,64H,9-22,26-27,30H2,1-8H3. The van der Waals surface area contributed by atoms with Crippen LogP contribution in [0.2, 0.25) is 0 Å². The van der Waals surface area contributed by atoms with Crippen molar-refractivity contribution in [3.63, 3.8) is 0 Å². The molecule has 8 aliphatic rings. The molecule has 356 valence electrons. The molecule has 0 amide bonds. The van der Waals surface area contributed by atoms with Gasteiger partial charge in [-0.25, -0.2) is 0 Å². The minimum Gasteiger partial charge on any atom is -0.392 e. The third kappa shape index (κ3) is 6.32. The number of aromatic amines is 1. The van der Waals surface area contributed by atoms with E-state index < -0.39 is 51.3 Å². The normalized spacial score (nSPS) is 39.9. The maximum Gasteiger partial charge on any atom is 0.160 e. The SMILES string of the molecule is Cc1cc(C2CCOCC2)cc(C(C=O)c2cn3c4c(c[nH]c24)CCC(C)(CC(O)C2OC2(C)C)C2=C4C(C3)C(O)C3C5(C)CCC(=O)C(C)(C6CCCC6)C5CCC3(C)C4(C)CC2=O)c1. The third-order valence-electron chi connectivity index (χ3n) is 21.1. The smallest absolute Gasteiger partial charge is 0.160 e. The molecule has 0 bridgehead atoms. The Labute approximate surface area is 392 Å². The van der Waals surface area contributed by atoms with Crippen LogP contribution >= 0.6 is 0 Å². The summed E-state index contributed by atoms with van der Waals surface area (Å²) in [6, 6.07) is 6.68. The van der Waals surface area contributed by atoms with E-state index in [1.165, 1.54) is 18.4 Å². The van der Waals surface area contributed by atoms with Gasteiger partial charge >= 0.3 is 0 Å².